The molecule has 0 aromatic carbocycles. The number of amides is 1. The fourth-order valence-electron chi connectivity index (χ4n) is 2.80. The van der Waals surface area contributed by atoms with Gasteiger partial charge in [-0.15, -0.1) is 46.3 Å². The maximum Gasteiger partial charge on any atom is 0.258 e. The zero-order chi connectivity index (χ0) is 16.0. The minimum Gasteiger partial charge on any atom is -0.313 e. The second kappa shape index (κ2) is 8.31. The summed E-state index contributed by atoms with van der Waals surface area (Å²) in [5.74, 6) is 1.42. The highest BCUT2D eigenvalue weighted by Gasteiger charge is 2.40. The second-order valence-electron chi connectivity index (χ2n) is 6.50. The Morgan fingerprint density at radius 3 is 2.64 bits per heavy atom. The number of aromatic nitrogens is 2. The predicted octanol–water partition coefficient (Wildman–Crippen LogP) is 4.17. The van der Waals surface area contributed by atoms with Crippen LogP contribution in [0, 0.1) is 19.8 Å². The van der Waals surface area contributed by atoms with Crippen LogP contribution in [0.15, 0.2) is 6.07 Å². The van der Waals surface area contributed by atoms with Crippen molar-refractivity contribution in [3.63, 3.8) is 0 Å². The normalized spacial score (nSPS) is 21.2. The summed E-state index contributed by atoms with van der Waals surface area (Å²) < 4.78 is 0. The van der Waals surface area contributed by atoms with Crippen LogP contribution >= 0.6 is 47.5 Å². The molecule has 0 spiro atoms. The maximum absolute atomic E-state index is 12.4. The fourth-order valence-corrected chi connectivity index (χ4v) is 4.59. The van der Waals surface area contributed by atoms with Gasteiger partial charge in [-0.3, -0.25) is 10.1 Å². The van der Waals surface area contributed by atoms with E-state index in [0.29, 0.717) is 17.1 Å². The lowest BCUT2D eigenvalue weighted by Gasteiger charge is -2.00. The van der Waals surface area contributed by atoms with Gasteiger partial charge < -0.3 is 5.32 Å². The molecule has 5 nitrogen and oxygen atoms in total. The average molecular weight is 421 g/mol. The molecule has 25 heavy (non-hydrogen) atoms. The molecule has 2 N–H and O–H groups in total. The largest absolute Gasteiger partial charge is 0.313 e. The minimum absolute atomic E-state index is 0. The first-order chi connectivity index (χ1) is 11.1. The number of nitrogens with zero attached hydrogens (tertiary/aromatic N) is 2. The second-order valence-corrected chi connectivity index (χ2v) is 8.97. The summed E-state index contributed by atoms with van der Waals surface area (Å²) in [6.45, 7) is 5.06. The average Bonchev–Trinajstić information content (AvgIpc) is 3.40. The van der Waals surface area contributed by atoms with E-state index in [2.05, 4.69) is 26.9 Å². The van der Waals surface area contributed by atoms with Gasteiger partial charge in [-0.25, -0.2) is 0 Å². The van der Waals surface area contributed by atoms with Crippen molar-refractivity contribution >= 4 is 58.5 Å². The van der Waals surface area contributed by atoms with E-state index in [4.69, 9.17) is 0 Å². The Hall–Kier alpha value is -0.730. The molecule has 1 amide bonds. The number of aryl methyl sites for hydroxylation is 2. The van der Waals surface area contributed by atoms with Gasteiger partial charge in [0.15, 0.2) is 0 Å². The van der Waals surface area contributed by atoms with E-state index in [-0.39, 0.29) is 30.7 Å². The molecule has 2 aliphatic carbocycles. The third-order valence-corrected chi connectivity index (χ3v) is 6.39. The van der Waals surface area contributed by atoms with Gasteiger partial charge in [0.2, 0.25) is 5.13 Å². The molecule has 2 aliphatic rings. The van der Waals surface area contributed by atoms with Crippen LogP contribution in [0.2, 0.25) is 0 Å². The van der Waals surface area contributed by atoms with Crippen molar-refractivity contribution in [3.8, 4) is 0 Å². The lowest BCUT2D eigenvalue weighted by atomic mass is 10.2. The molecule has 9 heteroatoms. The number of halogens is 2. The number of carbonyl (C=O) groups excluding carboxylic acids is 1. The molecule has 0 saturated heterocycles. The molecule has 2 heterocycles. The first-order valence-corrected chi connectivity index (χ1v) is 9.68. The molecular weight excluding hydrogens is 399 g/mol. The molecule has 2 atom stereocenters. The van der Waals surface area contributed by atoms with Gasteiger partial charge in [-0.1, -0.05) is 11.3 Å². The first-order valence-electron chi connectivity index (χ1n) is 8.05. The van der Waals surface area contributed by atoms with Crippen molar-refractivity contribution in [2.24, 2.45) is 5.92 Å². The summed E-state index contributed by atoms with van der Waals surface area (Å²) in [7, 11) is 0. The van der Waals surface area contributed by atoms with Crippen LogP contribution in [0.4, 0.5) is 5.13 Å². The topological polar surface area (TPSA) is 66.9 Å². The molecule has 138 valence electrons. The van der Waals surface area contributed by atoms with Gasteiger partial charge >= 0.3 is 0 Å². The molecule has 4 rings (SSSR count). The predicted molar refractivity (Wildman–Crippen MR) is 108 cm³/mol. The van der Waals surface area contributed by atoms with E-state index in [0.717, 1.165) is 27.9 Å². The molecular formula is C16H22Cl2N4OS2. The van der Waals surface area contributed by atoms with E-state index in [9.17, 15) is 4.79 Å². The summed E-state index contributed by atoms with van der Waals surface area (Å²) in [5, 5.41) is 15.8. The zero-order valence-corrected chi connectivity index (χ0v) is 17.3. The van der Waals surface area contributed by atoms with Gasteiger partial charge in [0.25, 0.3) is 5.91 Å². The number of nitrogens with one attached hydrogen (secondary N) is 2. The Balaban J connectivity index is 0.00000113. The van der Waals surface area contributed by atoms with Gasteiger partial charge in [0, 0.05) is 21.7 Å². The molecule has 2 saturated carbocycles. The monoisotopic (exact) mass is 420 g/mol. The number of anilines is 1. The van der Waals surface area contributed by atoms with Crippen LogP contribution in [0.25, 0.3) is 0 Å². The molecule has 2 aromatic rings. The van der Waals surface area contributed by atoms with Gasteiger partial charge in [-0.2, -0.15) is 0 Å². The first kappa shape index (κ1) is 20.6. The Kier molecular flexibility index (Phi) is 6.84. The molecule has 0 aliphatic heterocycles. The van der Waals surface area contributed by atoms with E-state index in [1.165, 1.54) is 35.5 Å². The van der Waals surface area contributed by atoms with Crippen LogP contribution in [-0.4, -0.2) is 28.7 Å². The standard InChI is InChI=1S/C16H20N4OS2.2ClH/c1-8-11(15(21)18-16-20-19-9(2)23-16)6-14(22-8)12-5-13(12)17-7-10-3-4-10;;/h6,10,12-13,17H,3-5,7H2,1-2H3,(H,18,20,21);2*1H/t12-,13-;;/m1../s1. The third kappa shape index (κ3) is 4.92. The van der Waals surface area contributed by atoms with Crippen molar-refractivity contribution < 1.29 is 4.79 Å². The number of thiophene rings is 1. The van der Waals surface area contributed by atoms with Gasteiger partial charge in [0.1, 0.15) is 5.01 Å². The zero-order valence-electron chi connectivity index (χ0n) is 14.1. The van der Waals surface area contributed by atoms with Crippen molar-refractivity contribution in [2.45, 2.75) is 45.1 Å². The number of hydrogen-bond donors (Lipinski definition) is 2. The Bertz CT molecular complexity index is 744. The quantitative estimate of drug-likeness (QED) is 0.735. The lowest BCUT2D eigenvalue weighted by molar-refractivity contribution is 0.102. The lowest BCUT2D eigenvalue weighted by Crippen LogP contribution is -2.20. The number of carbonyl (C=O) groups is 1. The Morgan fingerprint density at radius 2 is 2.00 bits per heavy atom. The molecule has 0 unspecified atom stereocenters. The summed E-state index contributed by atoms with van der Waals surface area (Å²) in [6, 6.07) is 2.67. The van der Waals surface area contributed by atoms with E-state index < -0.39 is 0 Å². The number of rotatable bonds is 6. The van der Waals surface area contributed by atoms with E-state index in [1.807, 2.05) is 13.8 Å². The summed E-state index contributed by atoms with van der Waals surface area (Å²) in [4.78, 5) is 14.8. The van der Waals surface area contributed by atoms with Crippen molar-refractivity contribution in [1.82, 2.24) is 15.5 Å². The van der Waals surface area contributed by atoms with Crippen LogP contribution in [0.1, 0.15) is 50.3 Å². The van der Waals surface area contributed by atoms with Gasteiger partial charge in [0.05, 0.1) is 5.56 Å². The van der Waals surface area contributed by atoms with E-state index in [1.54, 1.807) is 11.3 Å². The highest BCUT2D eigenvalue weighted by atomic mass is 35.5. The smallest absolute Gasteiger partial charge is 0.258 e. The highest BCUT2D eigenvalue weighted by Crippen LogP contribution is 2.45. The number of hydrogen-bond acceptors (Lipinski definition) is 6. The maximum atomic E-state index is 12.4. The van der Waals surface area contributed by atoms with Crippen molar-refractivity contribution in [1.29, 1.82) is 0 Å². The van der Waals surface area contributed by atoms with Crippen LogP contribution in [-0.2, 0) is 0 Å². The minimum atomic E-state index is -0.0794. The van der Waals surface area contributed by atoms with Gasteiger partial charge in [-0.05, 0) is 51.6 Å². The Labute approximate surface area is 167 Å². The fraction of sp³-hybridized carbons (Fsp3) is 0.562. The summed E-state index contributed by atoms with van der Waals surface area (Å²) in [5.41, 5.74) is 0.769. The molecule has 2 aromatic heterocycles. The molecule has 0 bridgehead atoms. The SMILES string of the molecule is Cc1nnc(NC(=O)c2cc([C@@H]3C[C@H]3NCC3CC3)sc2C)s1.Cl.Cl. The van der Waals surface area contributed by atoms with Crippen molar-refractivity contribution in [2.75, 3.05) is 11.9 Å². The van der Waals surface area contributed by atoms with E-state index >= 15 is 0 Å². The van der Waals surface area contributed by atoms with Crippen LogP contribution in [0.3, 0.4) is 0 Å². The third-order valence-electron chi connectivity index (χ3n) is 4.45. The molecule has 2 fully saturated rings. The summed E-state index contributed by atoms with van der Waals surface area (Å²) in [6.07, 6.45) is 3.97. The Morgan fingerprint density at radius 1 is 1.24 bits per heavy atom. The van der Waals surface area contributed by atoms with Crippen molar-refractivity contribution in [3.05, 3.63) is 26.4 Å². The van der Waals surface area contributed by atoms with Crippen LogP contribution < -0.4 is 10.6 Å². The summed E-state index contributed by atoms with van der Waals surface area (Å²) >= 11 is 3.15. The highest BCUT2D eigenvalue weighted by molar-refractivity contribution is 7.15. The van der Waals surface area contributed by atoms with Crippen LogP contribution in [0.5, 0.6) is 0 Å². The molecule has 0 radical (unpaired) electrons.